The second-order valence-electron chi connectivity index (χ2n) is 3.67. The molecule has 1 saturated heterocycles. The molecule has 0 aromatic heterocycles. The molecule has 0 amide bonds. The lowest BCUT2D eigenvalue weighted by Gasteiger charge is -2.25. The van der Waals surface area contributed by atoms with Gasteiger partial charge in [-0.1, -0.05) is 0 Å². The van der Waals surface area contributed by atoms with Crippen LogP contribution in [0.25, 0.3) is 0 Å². The maximum Gasteiger partial charge on any atom is 0.0507 e. The fourth-order valence-corrected chi connectivity index (χ4v) is 1.67. The molecule has 0 bridgehead atoms. The highest BCUT2D eigenvalue weighted by Gasteiger charge is 2.19. The summed E-state index contributed by atoms with van der Waals surface area (Å²) in [7, 11) is 2.13. The quantitative estimate of drug-likeness (QED) is 0.626. The van der Waals surface area contributed by atoms with Gasteiger partial charge in [0.05, 0.1) is 6.61 Å². The zero-order valence-electron chi connectivity index (χ0n) is 7.92. The smallest absolute Gasteiger partial charge is 0.0507 e. The van der Waals surface area contributed by atoms with Gasteiger partial charge in [0.2, 0.25) is 0 Å². The molecule has 2 atom stereocenters. The molecule has 1 aliphatic rings. The lowest BCUT2D eigenvalue weighted by molar-refractivity contribution is 0.167. The highest BCUT2D eigenvalue weighted by molar-refractivity contribution is 6.18. The average Bonchev–Trinajstić information content (AvgIpc) is 2.55. The first-order valence-corrected chi connectivity index (χ1v) is 5.11. The Balaban J connectivity index is 2.19. The molecule has 1 fully saturated rings. The van der Waals surface area contributed by atoms with E-state index in [-0.39, 0.29) is 0 Å². The van der Waals surface area contributed by atoms with Crippen LogP contribution in [-0.2, 0) is 4.74 Å². The molecule has 0 aliphatic carbocycles. The van der Waals surface area contributed by atoms with E-state index in [9.17, 15) is 0 Å². The Morgan fingerprint density at radius 3 is 2.92 bits per heavy atom. The van der Waals surface area contributed by atoms with E-state index in [2.05, 4.69) is 18.9 Å². The highest BCUT2D eigenvalue weighted by atomic mass is 35.5. The van der Waals surface area contributed by atoms with Crippen molar-refractivity contribution in [2.75, 3.05) is 32.7 Å². The maximum atomic E-state index is 5.76. The summed E-state index contributed by atoms with van der Waals surface area (Å²) >= 11 is 5.76. The Labute approximate surface area is 79.8 Å². The molecule has 0 N–H and O–H groups in total. The largest absolute Gasteiger partial charge is 0.381 e. The topological polar surface area (TPSA) is 12.5 Å². The average molecular weight is 192 g/mol. The van der Waals surface area contributed by atoms with Crippen molar-refractivity contribution in [1.29, 1.82) is 0 Å². The van der Waals surface area contributed by atoms with Gasteiger partial charge in [-0.2, -0.15) is 0 Å². The van der Waals surface area contributed by atoms with Gasteiger partial charge in [0, 0.05) is 25.1 Å². The van der Waals surface area contributed by atoms with Crippen LogP contribution in [0.5, 0.6) is 0 Å². The first-order chi connectivity index (χ1) is 5.74. The fourth-order valence-electron chi connectivity index (χ4n) is 1.43. The predicted octanol–water partition coefficient (Wildman–Crippen LogP) is 1.58. The molecule has 2 unspecified atom stereocenters. The van der Waals surface area contributed by atoms with Crippen LogP contribution < -0.4 is 0 Å². The minimum absolute atomic E-state index is 0.479. The van der Waals surface area contributed by atoms with E-state index < -0.39 is 0 Å². The Bertz CT molecular complexity index is 126. The minimum Gasteiger partial charge on any atom is -0.381 e. The summed E-state index contributed by atoms with van der Waals surface area (Å²) in [6, 6.07) is 0.479. The Morgan fingerprint density at radius 1 is 1.67 bits per heavy atom. The van der Waals surface area contributed by atoms with Gasteiger partial charge in [0.1, 0.15) is 0 Å². The molecule has 1 rings (SSSR count). The van der Waals surface area contributed by atoms with E-state index in [1.807, 2.05) is 0 Å². The molecule has 1 aliphatic heterocycles. The number of alkyl halides is 1. The normalized spacial score (nSPS) is 26.5. The first kappa shape index (κ1) is 10.3. The van der Waals surface area contributed by atoms with Gasteiger partial charge in [-0.05, 0) is 26.3 Å². The van der Waals surface area contributed by atoms with Gasteiger partial charge in [0.25, 0.3) is 0 Å². The molecule has 1 heterocycles. The van der Waals surface area contributed by atoms with E-state index in [0.717, 1.165) is 25.7 Å². The molecule has 0 spiro atoms. The number of nitrogens with zero attached hydrogens (tertiary/aromatic N) is 1. The van der Waals surface area contributed by atoms with Crippen LogP contribution in [0.1, 0.15) is 13.3 Å². The fraction of sp³-hybridized carbons (Fsp3) is 1.00. The van der Waals surface area contributed by atoms with E-state index >= 15 is 0 Å². The van der Waals surface area contributed by atoms with E-state index in [1.54, 1.807) is 0 Å². The molecule has 0 radical (unpaired) electrons. The number of ether oxygens (including phenoxy) is 1. The SMILES string of the molecule is CC(CCl)N(C)CC1CCOC1. The molecule has 3 heteroatoms. The van der Waals surface area contributed by atoms with Crippen LogP contribution in [0, 0.1) is 5.92 Å². The monoisotopic (exact) mass is 191 g/mol. The van der Waals surface area contributed by atoms with Gasteiger partial charge < -0.3 is 9.64 Å². The van der Waals surface area contributed by atoms with Gasteiger partial charge in [-0.25, -0.2) is 0 Å². The van der Waals surface area contributed by atoms with Crippen molar-refractivity contribution in [2.24, 2.45) is 5.92 Å². The zero-order chi connectivity index (χ0) is 8.97. The van der Waals surface area contributed by atoms with Crippen molar-refractivity contribution in [1.82, 2.24) is 4.90 Å². The Hall–Kier alpha value is 0.210. The molecule has 2 nitrogen and oxygen atoms in total. The van der Waals surface area contributed by atoms with Gasteiger partial charge in [-0.15, -0.1) is 11.6 Å². The number of hydrogen-bond donors (Lipinski definition) is 0. The molecule has 0 aromatic carbocycles. The van der Waals surface area contributed by atoms with Gasteiger partial charge in [0.15, 0.2) is 0 Å². The molecule has 0 aromatic rings. The summed E-state index contributed by atoms with van der Waals surface area (Å²) in [5.74, 6) is 1.44. The molecule has 0 saturated carbocycles. The minimum atomic E-state index is 0.479. The van der Waals surface area contributed by atoms with Crippen LogP contribution in [0.15, 0.2) is 0 Å². The summed E-state index contributed by atoms with van der Waals surface area (Å²) < 4.78 is 5.31. The van der Waals surface area contributed by atoms with Crippen molar-refractivity contribution in [3.63, 3.8) is 0 Å². The third-order valence-electron chi connectivity index (χ3n) is 2.55. The lowest BCUT2D eigenvalue weighted by Crippen LogP contribution is -2.34. The number of rotatable bonds is 4. The van der Waals surface area contributed by atoms with Crippen molar-refractivity contribution in [2.45, 2.75) is 19.4 Å². The van der Waals surface area contributed by atoms with Crippen LogP contribution in [-0.4, -0.2) is 43.6 Å². The van der Waals surface area contributed by atoms with Crippen molar-refractivity contribution in [3.05, 3.63) is 0 Å². The lowest BCUT2D eigenvalue weighted by atomic mass is 10.1. The summed E-state index contributed by atoms with van der Waals surface area (Å²) in [4.78, 5) is 2.31. The number of halogens is 1. The van der Waals surface area contributed by atoms with Crippen LogP contribution in [0.3, 0.4) is 0 Å². The second kappa shape index (κ2) is 5.05. The molecule has 72 valence electrons. The number of hydrogen-bond acceptors (Lipinski definition) is 2. The van der Waals surface area contributed by atoms with E-state index in [4.69, 9.17) is 16.3 Å². The highest BCUT2D eigenvalue weighted by Crippen LogP contribution is 2.14. The first-order valence-electron chi connectivity index (χ1n) is 4.58. The summed E-state index contributed by atoms with van der Waals surface area (Å²) in [5.41, 5.74) is 0. The maximum absolute atomic E-state index is 5.76. The summed E-state index contributed by atoms with van der Waals surface area (Å²) in [5, 5.41) is 0. The summed E-state index contributed by atoms with van der Waals surface area (Å²) in [6.07, 6.45) is 1.21. The van der Waals surface area contributed by atoms with E-state index in [1.165, 1.54) is 6.42 Å². The molecular formula is C9H18ClNO. The zero-order valence-corrected chi connectivity index (χ0v) is 8.68. The van der Waals surface area contributed by atoms with Crippen LogP contribution >= 0.6 is 11.6 Å². The Morgan fingerprint density at radius 2 is 2.42 bits per heavy atom. The predicted molar refractivity (Wildman–Crippen MR) is 51.7 cm³/mol. The molecule has 12 heavy (non-hydrogen) atoms. The van der Waals surface area contributed by atoms with Crippen molar-refractivity contribution in [3.8, 4) is 0 Å². The molecular weight excluding hydrogens is 174 g/mol. The van der Waals surface area contributed by atoms with Gasteiger partial charge in [-0.3, -0.25) is 0 Å². The van der Waals surface area contributed by atoms with Crippen LogP contribution in [0.4, 0.5) is 0 Å². The van der Waals surface area contributed by atoms with Gasteiger partial charge >= 0.3 is 0 Å². The van der Waals surface area contributed by atoms with E-state index in [0.29, 0.717) is 11.9 Å². The second-order valence-corrected chi connectivity index (χ2v) is 3.98. The third kappa shape index (κ3) is 2.92. The van der Waals surface area contributed by atoms with Crippen LogP contribution in [0.2, 0.25) is 0 Å². The Kier molecular flexibility index (Phi) is 4.33. The third-order valence-corrected chi connectivity index (χ3v) is 2.99. The van der Waals surface area contributed by atoms with Crippen molar-refractivity contribution < 1.29 is 4.74 Å². The van der Waals surface area contributed by atoms with Crippen molar-refractivity contribution >= 4 is 11.6 Å². The standard InChI is InChI=1S/C9H18ClNO/c1-8(5-10)11(2)6-9-3-4-12-7-9/h8-9H,3-7H2,1-2H3. The summed E-state index contributed by atoms with van der Waals surface area (Å²) in [6.45, 7) is 5.14.